The Balaban J connectivity index is 1.22. The first-order valence-electron chi connectivity index (χ1n) is 23.0. The van der Waals surface area contributed by atoms with Crippen LogP contribution in [0.1, 0.15) is 56.6 Å². The zero-order valence-electron chi connectivity index (χ0n) is 38.3. The van der Waals surface area contributed by atoms with Gasteiger partial charge in [-0.05, 0) is 92.3 Å². The predicted octanol–water partition coefficient (Wildman–Crippen LogP) is 5.95. The Morgan fingerprint density at radius 1 is 0.892 bits per heavy atom. The molecule has 0 aromatic heterocycles. The first-order valence-corrected chi connectivity index (χ1v) is 26.1. The molecule has 8 rings (SSSR count). The van der Waals surface area contributed by atoms with E-state index in [0.29, 0.717) is 62.4 Å². The van der Waals surface area contributed by atoms with Gasteiger partial charge in [0.25, 0.3) is 11.8 Å². The van der Waals surface area contributed by atoms with Crippen molar-refractivity contribution in [3.05, 3.63) is 114 Å². The summed E-state index contributed by atoms with van der Waals surface area (Å²) in [6, 6.07) is 33.8. The Morgan fingerprint density at radius 2 is 1.58 bits per heavy atom. The smallest absolute Gasteiger partial charge is 0.305 e. The summed E-state index contributed by atoms with van der Waals surface area (Å²) in [6.07, 6.45) is 1.96. The molecule has 0 saturated carbocycles. The number of benzene rings is 4. The zero-order valence-corrected chi connectivity index (χ0v) is 39.3. The summed E-state index contributed by atoms with van der Waals surface area (Å²) in [5.41, 5.74) is 1.54. The van der Waals surface area contributed by atoms with Gasteiger partial charge in [0.2, 0.25) is 5.91 Å². The minimum atomic E-state index is -2.64. The number of nitrogens with one attached hydrogen (secondary N) is 1. The maximum absolute atomic E-state index is 15.6. The number of aliphatic hydroxyl groups is 1. The third-order valence-electron chi connectivity index (χ3n) is 14.6. The van der Waals surface area contributed by atoms with E-state index in [1.807, 2.05) is 83.8 Å². The number of aliphatic hydroxyl groups excluding tert-OH is 1. The van der Waals surface area contributed by atoms with E-state index in [4.69, 9.17) is 14.2 Å². The highest BCUT2D eigenvalue weighted by atomic mass is 28.3. The van der Waals surface area contributed by atoms with Gasteiger partial charge in [0.05, 0.1) is 53.8 Å². The van der Waals surface area contributed by atoms with Gasteiger partial charge in [-0.15, -0.1) is 0 Å². The fraction of sp³-hybridized carbons (Fsp3) is 0.451. The summed E-state index contributed by atoms with van der Waals surface area (Å²) >= 11 is 0. The van der Waals surface area contributed by atoms with E-state index in [1.165, 1.54) is 7.11 Å². The number of para-hydroxylation sites is 1. The van der Waals surface area contributed by atoms with Crippen LogP contribution in [0.3, 0.4) is 0 Å². The van der Waals surface area contributed by atoms with Gasteiger partial charge in [0.1, 0.15) is 11.3 Å². The van der Waals surface area contributed by atoms with Crippen molar-refractivity contribution >= 4 is 54.0 Å². The van der Waals surface area contributed by atoms with Gasteiger partial charge in [-0.25, -0.2) is 0 Å². The number of carbonyl (C=O) groups excluding carboxylic acids is 4. The van der Waals surface area contributed by atoms with Gasteiger partial charge in [-0.1, -0.05) is 85.9 Å². The zero-order chi connectivity index (χ0) is 45.9. The van der Waals surface area contributed by atoms with E-state index in [2.05, 4.69) is 54.5 Å². The molecule has 4 atom stereocenters. The number of nitrogens with zero attached hydrogens (tertiary/aromatic N) is 4. The number of anilines is 3. The largest absolute Gasteiger partial charge is 0.497 e. The van der Waals surface area contributed by atoms with Crippen LogP contribution in [0.4, 0.5) is 17.1 Å². The molecule has 0 unspecified atom stereocenters. The molecule has 13 nitrogen and oxygen atoms in total. The van der Waals surface area contributed by atoms with Crippen molar-refractivity contribution in [3.63, 3.8) is 0 Å². The lowest BCUT2D eigenvalue weighted by atomic mass is 9.82. The summed E-state index contributed by atoms with van der Waals surface area (Å²) in [4.78, 5) is 65.0. The van der Waals surface area contributed by atoms with Gasteiger partial charge in [-0.2, -0.15) is 0 Å². The molecule has 4 aliphatic heterocycles. The summed E-state index contributed by atoms with van der Waals surface area (Å²) in [5.74, 6) is -0.324. The number of hydrogen-bond acceptors (Lipinski definition) is 10. The maximum Gasteiger partial charge on any atom is 0.305 e. The number of hydrogen-bond donors (Lipinski definition) is 2. The molecular formula is C51H63N5O8Si. The highest BCUT2D eigenvalue weighted by Gasteiger charge is 2.67. The molecule has 3 amide bonds. The standard InChI is InChI=1S/C51H63N5O8Si/c1-36-47(65(4,5)41-22-20-40(62-2)21-23-41)44(33-45(58)53(30-31-57)34-37-14-8-6-9-15-37)64-51(36)42-32-39(19-24-43(42)54(49(51)61)29-13-12-18-46(59)63-3)55-35-56(38-16-10-7-11-17-38)50(48(55)60)25-27-52-28-26-50/h6-11,14-17,19-24,32,36,44,47,52,57H,12-13,18,25-31,33-35H2,1-5H3/t36-,44+,47-,51+/m1/s1. The monoisotopic (exact) mass is 901 g/mol. The summed E-state index contributed by atoms with van der Waals surface area (Å²) in [7, 11) is 0.376. The topological polar surface area (TPSA) is 141 Å². The number of fused-ring (bicyclic) bond motifs is 2. The van der Waals surface area contributed by atoms with Crippen molar-refractivity contribution < 1.29 is 38.5 Å². The first-order chi connectivity index (χ1) is 31.4. The average molecular weight is 902 g/mol. The van der Waals surface area contributed by atoms with Gasteiger partial charge in [0, 0.05) is 48.9 Å². The molecule has 2 spiro atoms. The second-order valence-corrected chi connectivity index (χ2v) is 23.2. The fourth-order valence-corrected chi connectivity index (χ4v) is 15.2. The minimum Gasteiger partial charge on any atom is -0.497 e. The Kier molecular flexibility index (Phi) is 13.5. The van der Waals surface area contributed by atoms with E-state index < -0.39 is 31.2 Å². The third kappa shape index (κ3) is 8.45. The van der Waals surface area contributed by atoms with E-state index >= 15 is 4.79 Å². The van der Waals surface area contributed by atoms with Crippen molar-refractivity contribution in [1.82, 2.24) is 10.2 Å². The van der Waals surface area contributed by atoms with Gasteiger partial charge < -0.3 is 39.3 Å². The number of carbonyl (C=O) groups is 4. The molecule has 3 fully saturated rings. The number of amides is 3. The lowest BCUT2D eigenvalue weighted by Gasteiger charge is -2.39. The molecular weight excluding hydrogens is 839 g/mol. The van der Waals surface area contributed by atoms with Crippen molar-refractivity contribution in [2.75, 3.05) is 68.4 Å². The van der Waals surface area contributed by atoms with Crippen LogP contribution < -0.4 is 29.9 Å². The molecule has 4 aliphatic rings. The van der Waals surface area contributed by atoms with Crippen LogP contribution in [0.5, 0.6) is 5.75 Å². The Hall–Kier alpha value is -5.54. The Labute approximate surface area is 383 Å². The van der Waals surface area contributed by atoms with Gasteiger partial charge in [-0.3, -0.25) is 24.1 Å². The highest BCUT2D eigenvalue weighted by molar-refractivity contribution is 6.91. The van der Waals surface area contributed by atoms with E-state index in [1.54, 1.807) is 16.9 Å². The second-order valence-electron chi connectivity index (χ2n) is 18.5. The normalized spacial score (nSPS) is 22.5. The van der Waals surface area contributed by atoms with Crippen LogP contribution in [0.2, 0.25) is 18.6 Å². The van der Waals surface area contributed by atoms with Crippen molar-refractivity contribution in [1.29, 1.82) is 0 Å². The summed E-state index contributed by atoms with van der Waals surface area (Å²) in [5, 5.41) is 14.8. The third-order valence-corrected chi connectivity index (χ3v) is 19.0. The Bertz CT molecular complexity index is 2340. The molecule has 3 saturated heterocycles. The molecule has 4 heterocycles. The lowest BCUT2D eigenvalue weighted by molar-refractivity contribution is -0.149. The average Bonchev–Trinajstić information content (AvgIpc) is 3.87. The molecule has 344 valence electrons. The van der Waals surface area contributed by atoms with Gasteiger partial charge >= 0.3 is 5.97 Å². The fourth-order valence-electron chi connectivity index (χ4n) is 11.2. The van der Waals surface area contributed by atoms with Crippen LogP contribution in [0.25, 0.3) is 0 Å². The predicted molar refractivity (Wildman–Crippen MR) is 254 cm³/mol. The number of piperidine rings is 1. The van der Waals surface area contributed by atoms with Crippen molar-refractivity contribution in [2.24, 2.45) is 5.92 Å². The van der Waals surface area contributed by atoms with Crippen LogP contribution in [0.15, 0.2) is 103 Å². The number of esters is 1. The number of methoxy groups -OCH3 is 2. The van der Waals surface area contributed by atoms with Crippen LogP contribution >= 0.6 is 0 Å². The molecule has 4 aromatic rings. The first kappa shape index (κ1) is 46.0. The Morgan fingerprint density at radius 3 is 2.25 bits per heavy atom. The SMILES string of the molecule is COC(=O)CCCCN1C(=O)[C@@]2(O[C@@H](CC(=O)N(CCO)Cc3ccccc3)[C@H]([Si](C)(C)c3ccc(OC)cc3)[C@H]2C)c2cc(N3CN(c4ccccc4)C4(CCNCC4)C3=O)ccc21. The van der Waals surface area contributed by atoms with E-state index in [-0.39, 0.29) is 55.2 Å². The number of rotatable bonds is 16. The molecule has 0 bridgehead atoms. The van der Waals surface area contributed by atoms with Crippen molar-refractivity contribution in [3.8, 4) is 5.75 Å². The molecule has 0 aliphatic carbocycles. The summed E-state index contributed by atoms with van der Waals surface area (Å²) in [6.45, 7) is 9.06. The van der Waals surface area contributed by atoms with Crippen LogP contribution in [-0.4, -0.2) is 107 Å². The molecule has 4 aromatic carbocycles. The minimum absolute atomic E-state index is 0.00477. The van der Waals surface area contributed by atoms with Crippen LogP contribution in [0, 0.1) is 5.92 Å². The molecule has 2 N–H and O–H groups in total. The molecule has 14 heteroatoms. The van der Waals surface area contributed by atoms with E-state index in [9.17, 15) is 19.5 Å². The van der Waals surface area contributed by atoms with Crippen LogP contribution in [-0.2, 0) is 40.8 Å². The second kappa shape index (κ2) is 19.1. The van der Waals surface area contributed by atoms with Gasteiger partial charge in [0.15, 0.2) is 5.60 Å². The quantitative estimate of drug-likeness (QED) is 0.0789. The maximum atomic E-state index is 15.6. The van der Waals surface area contributed by atoms with Crippen molar-refractivity contribution in [2.45, 2.75) is 87.9 Å². The summed E-state index contributed by atoms with van der Waals surface area (Å²) < 4.78 is 17.9. The molecule has 0 radical (unpaired) electrons. The lowest BCUT2D eigenvalue weighted by Crippen LogP contribution is -2.55. The molecule has 65 heavy (non-hydrogen) atoms. The van der Waals surface area contributed by atoms with E-state index in [0.717, 1.165) is 35.3 Å². The number of unbranched alkanes of at least 4 members (excludes halogenated alkanes) is 1. The number of ether oxygens (including phenoxy) is 3. The highest BCUT2D eigenvalue weighted by Crippen LogP contribution is 2.60.